The van der Waals surface area contributed by atoms with Gasteiger partial charge in [-0.3, -0.25) is 0 Å². The molecule has 2 atom stereocenters. The lowest BCUT2D eigenvalue weighted by Crippen LogP contribution is -2.43. The number of rotatable bonds is 5. The Balaban J connectivity index is 0.000000324. The Hall–Kier alpha value is -1.83. The molecule has 0 heterocycles. The minimum Gasteiger partial charge on any atom is -0.428 e. The monoisotopic (exact) mass is 470 g/mol. The molecule has 1 saturated carbocycles. The van der Waals surface area contributed by atoms with Crippen LogP contribution in [0.5, 0.6) is 0 Å². The van der Waals surface area contributed by atoms with Crippen molar-refractivity contribution in [2.45, 2.75) is 90.5 Å². The largest absolute Gasteiger partial charge is 0.519 e. The molecule has 0 radical (unpaired) electrons. The van der Waals surface area contributed by atoms with Crippen LogP contribution in [0.15, 0.2) is 24.3 Å². The Bertz CT molecular complexity index is 685. The average Bonchev–Trinajstić information content (AvgIpc) is 3.08. The van der Waals surface area contributed by atoms with Crippen LogP contribution >= 0.6 is 11.6 Å². The van der Waals surface area contributed by atoms with Gasteiger partial charge >= 0.3 is 12.3 Å². The molecule has 8 heteroatoms. The lowest BCUT2D eigenvalue weighted by Gasteiger charge is -2.20. The third-order valence-corrected chi connectivity index (χ3v) is 4.82. The number of nitrogens with one attached hydrogen (secondary N) is 2. The summed E-state index contributed by atoms with van der Waals surface area (Å²) in [6.07, 6.45) is 2.89. The van der Waals surface area contributed by atoms with Crippen LogP contribution in [-0.4, -0.2) is 49.2 Å². The van der Waals surface area contributed by atoms with Gasteiger partial charge in [-0.25, -0.2) is 9.59 Å². The molecular weight excluding hydrogens is 432 g/mol. The van der Waals surface area contributed by atoms with Crippen molar-refractivity contribution in [3.8, 4) is 0 Å². The maximum atomic E-state index is 11.0. The number of halogens is 1. The van der Waals surface area contributed by atoms with Gasteiger partial charge in [-0.15, -0.1) is 0 Å². The van der Waals surface area contributed by atoms with E-state index < -0.39 is 23.5 Å². The summed E-state index contributed by atoms with van der Waals surface area (Å²) in [6.45, 7) is 11.1. The molecule has 2 N–H and O–H groups in total. The standard InChI is InChI=1S/C14H21ClN2.C10H18O5/c1-16-13-3-2-4-14(13)17-10-9-11-5-7-12(15)8-6-11;1-9(2,3)14-7(11)13-8(12)15-10(4,5)6/h5-8,13-14,16-17H,2-4,9-10H2,1H3;1-6H3/t13-,14-;/m1./s1. The smallest absolute Gasteiger partial charge is 0.428 e. The van der Waals surface area contributed by atoms with Gasteiger partial charge in [0.1, 0.15) is 11.2 Å². The third-order valence-electron chi connectivity index (χ3n) is 4.57. The van der Waals surface area contributed by atoms with E-state index in [1.165, 1.54) is 24.8 Å². The number of hydrogen-bond donors (Lipinski definition) is 2. The van der Waals surface area contributed by atoms with Crippen molar-refractivity contribution < 1.29 is 23.8 Å². The fourth-order valence-electron chi connectivity index (χ4n) is 3.21. The lowest BCUT2D eigenvalue weighted by molar-refractivity contribution is -0.0293. The van der Waals surface area contributed by atoms with Crippen molar-refractivity contribution in [3.05, 3.63) is 34.9 Å². The van der Waals surface area contributed by atoms with E-state index in [0.29, 0.717) is 12.1 Å². The fourth-order valence-corrected chi connectivity index (χ4v) is 3.34. The molecule has 1 fully saturated rings. The summed E-state index contributed by atoms with van der Waals surface area (Å²) in [5.74, 6) is 0. The summed E-state index contributed by atoms with van der Waals surface area (Å²) in [5, 5.41) is 7.85. The van der Waals surface area contributed by atoms with E-state index in [2.05, 4.69) is 34.6 Å². The van der Waals surface area contributed by atoms with E-state index >= 15 is 0 Å². The first-order chi connectivity index (χ1) is 14.8. The number of ether oxygens (including phenoxy) is 3. The molecule has 2 rings (SSSR count). The number of carbonyl (C=O) groups is 2. The Labute approximate surface area is 197 Å². The van der Waals surface area contributed by atoms with Crippen LogP contribution in [0.4, 0.5) is 9.59 Å². The Morgan fingerprint density at radius 2 is 1.44 bits per heavy atom. The molecule has 1 aliphatic rings. The zero-order chi connectivity index (χ0) is 24.4. The summed E-state index contributed by atoms with van der Waals surface area (Å²) in [7, 11) is 2.06. The van der Waals surface area contributed by atoms with Crippen molar-refractivity contribution in [1.29, 1.82) is 0 Å². The SMILES string of the molecule is CC(C)(C)OC(=O)OC(=O)OC(C)(C)C.CN[C@@H]1CCC[C@H]1NCCc1ccc(Cl)cc1. The molecule has 7 nitrogen and oxygen atoms in total. The van der Waals surface area contributed by atoms with Crippen molar-refractivity contribution in [2.75, 3.05) is 13.6 Å². The molecule has 0 unspecified atom stereocenters. The molecule has 182 valence electrons. The third kappa shape index (κ3) is 12.9. The molecule has 1 aliphatic carbocycles. The van der Waals surface area contributed by atoms with Crippen LogP contribution < -0.4 is 10.6 Å². The molecule has 1 aromatic rings. The van der Waals surface area contributed by atoms with Gasteiger partial charge in [-0.2, -0.15) is 0 Å². The van der Waals surface area contributed by atoms with E-state index in [0.717, 1.165) is 18.0 Å². The van der Waals surface area contributed by atoms with E-state index in [1.807, 2.05) is 12.1 Å². The van der Waals surface area contributed by atoms with Gasteiger partial charge in [-0.05, 0) is 92.1 Å². The van der Waals surface area contributed by atoms with E-state index in [1.54, 1.807) is 41.5 Å². The van der Waals surface area contributed by atoms with Crippen LogP contribution in [0.2, 0.25) is 5.02 Å². The molecule has 0 aromatic heterocycles. The molecule has 0 bridgehead atoms. The normalized spacial score (nSPS) is 18.4. The van der Waals surface area contributed by atoms with Gasteiger partial charge in [0, 0.05) is 17.1 Å². The maximum Gasteiger partial charge on any atom is 0.519 e. The van der Waals surface area contributed by atoms with E-state index in [-0.39, 0.29) is 0 Å². The number of likely N-dealkylation sites (N-methyl/N-ethyl adjacent to an activating group) is 1. The lowest BCUT2D eigenvalue weighted by atomic mass is 10.1. The van der Waals surface area contributed by atoms with Gasteiger partial charge in [0.15, 0.2) is 0 Å². The summed E-state index contributed by atoms with van der Waals surface area (Å²) >= 11 is 5.86. The quantitative estimate of drug-likeness (QED) is 0.434. The van der Waals surface area contributed by atoms with Crippen LogP contribution in [0.25, 0.3) is 0 Å². The first-order valence-corrected chi connectivity index (χ1v) is 11.5. The Morgan fingerprint density at radius 1 is 0.938 bits per heavy atom. The van der Waals surface area contributed by atoms with Crippen molar-refractivity contribution in [3.63, 3.8) is 0 Å². The van der Waals surface area contributed by atoms with Crippen molar-refractivity contribution in [2.24, 2.45) is 0 Å². The van der Waals surface area contributed by atoms with Crippen LogP contribution in [0.1, 0.15) is 66.4 Å². The second kappa shape index (κ2) is 13.0. The minimum absolute atomic E-state index is 0.646. The molecule has 0 saturated heterocycles. The predicted octanol–water partition coefficient (Wildman–Crippen LogP) is 5.49. The first kappa shape index (κ1) is 28.2. The topological polar surface area (TPSA) is 85.9 Å². The van der Waals surface area contributed by atoms with Gasteiger partial charge in [0.25, 0.3) is 0 Å². The second-order valence-corrected chi connectivity index (χ2v) is 10.2. The van der Waals surface area contributed by atoms with Crippen molar-refractivity contribution in [1.82, 2.24) is 10.6 Å². The summed E-state index contributed by atoms with van der Waals surface area (Å²) in [5.41, 5.74) is -0.0426. The predicted molar refractivity (Wildman–Crippen MR) is 127 cm³/mol. The fraction of sp³-hybridized carbons (Fsp3) is 0.667. The van der Waals surface area contributed by atoms with Gasteiger partial charge < -0.3 is 24.8 Å². The number of carbonyl (C=O) groups excluding carboxylic acids is 2. The Kier molecular flexibility index (Phi) is 11.5. The zero-order valence-corrected chi connectivity index (χ0v) is 21.2. The summed E-state index contributed by atoms with van der Waals surface area (Å²) in [6, 6.07) is 9.43. The molecular formula is C24H39ClN2O5. The highest BCUT2D eigenvalue weighted by Gasteiger charge is 2.25. The minimum atomic E-state index is -1.06. The summed E-state index contributed by atoms with van der Waals surface area (Å²) < 4.78 is 13.8. The van der Waals surface area contributed by atoms with Gasteiger partial charge in [-0.1, -0.05) is 30.2 Å². The van der Waals surface area contributed by atoms with Gasteiger partial charge in [0.05, 0.1) is 0 Å². The Morgan fingerprint density at radius 3 is 1.91 bits per heavy atom. The van der Waals surface area contributed by atoms with E-state index in [4.69, 9.17) is 21.1 Å². The highest BCUT2D eigenvalue weighted by Crippen LogP contribution is 2.18. The molecule has 0 spiro atoms. The maximum absolute atomic E-state index is 11.0. The van der Waals surface area contributed by atoms with Gasteiger partial charge in [0.2, 0.25) is 0 Å². The second-order valence-electron chi connectivity index (χ2n) is 9.79. The molecule has 0 aliphatic heterocycles. The molecule has 32 heavy (non-hydrogen) atoms. The molecule has 1 aromatic carbocycles. The highest BCUT2D eigenvalue weighted by atomic mass is 35.5. The van der Waals surface area contributed by atoms with Crippen LogP contribution in [0.3, 0.4) is 0 Å². The summed E-state index contributed by atoms with van der Waals surface area (Å²) in [4.78, 5) is 22.0. The highest BCUT2D eigenvalue weighted by molar-refractivity contribution is 6.30. The zero-order valence-electron chi connectivity index (χ0n) is 20.4. The average molecular weight is 471 g/mol. The van der Waals surface area contributed by atoms with Crippen molar-refractivity contribution >= 4 is 23.9 Å². The van der Waals surface area contributed by atoms with Crippen LogP contribution in [-0.2, 0) is 20.6 Å². The first-order valence-electron chi connectivity index (χ1n) is 11.1. The number of hydrogen-bond acceptors (Lipinski definition) is 7. The van der Waals surface area contributed by atoms with E-state index in [9.17, 15) is 9.59 Å². The molecule has 0 amide bonds. The van der Waals surface area contributed by atoms with Crippen LogP contribution in [0, 0.1) is 0 Å². The number of benzene rings is 1.